The van der Waals surface area contributed by atoms with Gasteiger partial charge in [0.25, 0.3) is 6.02 Å². The van der Waals surface area contributed by atoms with Crippen LogP contribution in [0.25, 0.3) is 0 Å². The zero-order valence-corrected chi connectivity index (χ0v) is 20.6. The van der Waals surface area contributed by atoms with Crippen LogP contribution in [0.1, 0.15) is 32.6 Å². The summed E-state index contributed by atoms with van der Waals surface area (Å²) < 4.78 is 5.11. The van der Waals surface area contributed by atoms with Gasteiger partial charge in [-0.2, -0.15) is 0 Å². The minimum absolute atomic E-state index is 0.0205. The number of hydrogen-bond donors (Lipinski definition) is 7. The van der Waals surface area contributed by atoms with Crippen LogP contribution in [0.2, 0.25) is 0 Å². The summed E-state index contributed by atoms with van der Waals surface area (Å²) in [5, 5.41) is 16.6. The zero-order chi connectivity index (χ0) is 26.8. The first-order valence-electron chi connectivity index (χ1n) is 11.2. The molecule has 0 aliphatic carbocycles. The lowest BCUT2D eigenvalue weighted by Crippen LogP contribution is -2.49. The molecule has 0 aromatic heterocycles. The zero-order valence-electron chi connectivity index (χ0n) is 20.6. The summed E-state index contributed by atoms with van der Waals surface area (Å²) in [5.41, 5.74) is 16.1. The van der Waals surface area contributed by atoms with Crippen molar-refractivity contribution in [3.63, 3.8) is 0 Å². The lowest BCUT2D eigenvalue weighted by molar-refractivity contribution is -0.146. The number of aliphatic imine (C=N–C) groups is 2. The molecule has 0 aromatic rings. The highest BCUT2D eigenvalue weighted by Gasteiger charge is 2.25. The molecule has 0 saturated heterocycles. The summed E-state index contributed by atoms with van der Waals surface area (Å²) in [5.74, 6) is -3.81. The van der Waals surface area contributed by atoms with Crippen LogP contribution in [0, 0.1) is 0 Å². The maximum Gasteiger partial charge on any atom is 0.326 e. The lowest BCUT2D eigenvalue weighted by Gasteiger charge is -2.16. The van der Waals surface area contributed by atoms with Crippen molar-refractivity contribution in [3.8, 4) is 0 Å². The van der Waals surface area contributed by atoms with E-state index < -0.39 is 48.8 Å². The summed E-state index contributed by atoms with van der Waals surface area (Å²) in [4.78, 5) is 57.7. The first-order chi connectivity index (χ1) is 16.5. The maximum absolute atomic E-state index is 12.2. The SMILES string of the molecule is CCNC(=NCCCN(C)C)OC(=O)CC(NC(=O)CNC(=O)C(N)CCCN=C(N)N)C(=O)O. The second-order valence-electron chi connectivity index (χ2n) is 7.78. The molecule has 0 spiro atoms. The molecule has 2 amide bonds. The normalized spacial score (nSPS) is 12.9. The first kappa shape index (κ1) is 31.5. The number of carboxylic acid groups (broad SMARTS) is 1. The van der Waals surface area contributed by atoms with E-state index >= 15 is 0 Å². The molecular formula is C20H39N9O6. The predicted octanol–water partition coefficient (Wildman–Crippen LogP) is -3.10. The number of nitrogens with zero attached hydrogens (tertiary/aromatic N) is 3. The molecule has 35 heavy (non-hydrogen) atoms. The largest absolute Gasteiger partial charge is 0.480 e. The van der Waals surface area contributed by atoms with Gasteiger partial charge >= 0.3 is 11.9 Å². The van der Waals surface area contributed by atoms with Crippen molar-refractivity contribution in [2.75, 3.05) is 46.8 Å². The number of guanidine groups is 1. The van der Waals surface area contributed by atoms with Crippen molar-refractivity contribution >= 4 is 35.7 Å². The van der Waals surface area contributed by atoms with Crippen molar-refractivity contribution in [2.45, 2.75) is 44.7 Å². The number of nitrogens with two attached hydrogens (primary N) is 3. The van der Waals surface area contributed by atoms with E-state index in [0.717, 1.165) is 13.0 Å². The van der Waals surface area contributed by atoms with Crippen molar-refractivity contribution in [3.05, 3.63) is 0 Å². The van der Waals surface area contributed by atoms with Gasteiger partial charge in [0.15, 0.2) is 5.96 Å². The second kappa shape index (κ2) is 17.9. The number of hydrogen-bond acceptors (Lipinski definition) is 9. The van der Waals surface area contributed by atoms with Gasteiger partial charge < -0.3 is 47.9 Å². The Morgan fingerprint density at radius 1 is 1.06 bits per heavy atom. The van der Waals surface area contributed by atoms with Crippen molar-refractivity contribution in [1.29, 1.82) is 0 Å². The van der Waals surface area contributed by atoms with Crippen molar-refractivity contribution < 1.29 is 29.0 Å². The van der Waals surface area contributed by atoms with E-state index in [1.165, 1.54) is 0 Å². The molecule has 0 aliphatic heterocycles. The number of amidine groups is 1. The van der Waals surface area contributed by atoms with Gasteiger partial charge in [-0.3, -0.25) is 19.4 Å². The first-order valence-corrected chi connectivity index (χ1v) is 11.2. The van der Waals surface area contributed by atoms with Crippen LogP contribution in [0.4, 0.5) is 0 Å². The van der Waals surface area contributed by atoms with Gasteiger partial charge in [0.1, 0.15) is 6.04 Å². The van der Waals surface area contributed by atoms with Crippen LogP contribution in [-0.2, 0) is 23.9 Å². The van der Waals surface area contributed by atoms with Crippen LogP contribution in [0.3, 0.4) is 0 Å². The fourth-order valence-electron chi connectivity index (χ4n) is 2.55. The second-order valence-corrected chi connectivity index (χ2v) is 7.78. The highest BCUT2D eigenvalue weighted by molar-refractivity contribution is 5.93. The summed E-state index contributed by atoms with van der Waals surface area (Å²) in [6, 6.07) is -2.48. The molecule has 0 saturated carbocycles. The van der Waals surface area contributed by atoms with E-state index in [1.807, 2.05) is 19.0 Å². The molecule has 0 rings (SSSR count). The molecule has 10 N–H and O–H groups in total. The standard InChI is InChI=1S/C20H39N9O6/c1-4-24-20(26-9-6-10-29(2)3)35-16(31)11-14(18(33)34)28-15(30)12-27-17(32)13(21)7-5-8-25-19(22)23/h13-14H,4-12,21H2,1-3H3,(H,24,26)(H,27,32)(H,28,30)(H,33,34)(H4,22,23,25). The van der Waals surface area contributed by atoms with Gasteiger partial charge in [0.05, 0.1) is 19.0 Å². The summed E-state index contributed by atoms with van der Waals surface area (Å²) in [7, 11) is 3.85. The molecule has 0 heterocycles. The van der Waals surface area contributed by atoms with E-state index in [-0.39, 0.29) is 18.4 Å². The molecule has 2 atom stereocenters. The Kier molecular flexibility index (Phi) is 16.2. The van der Waals surface area contributed by atoms with Gasteiger partial charge in [-0.25, -0.2) is 9.79 Å². The van der Waals surface area contributed by atoms with Crippen LogP contribution >= 0.6 is 0 Å². The molecular weight excluding hydrogens is 462 g/mol. The minimum Gasteiger partial charge on any atom is -0.480 e. The number of carboxylic acids is 1. The minimum atomic E-state index is -1.56. The monoisotopic (exact) mass is 501 g/mol. The Labute approximate surface area is 204 Å². The van der Waals surface area contributed by atoms with E-state index in [1.54, 1.807) is 6.92 Å². The summed E-state index contributed by atoms with van der Waals surface area (Å²) in [6.45, 7) is 3.21. The molecule has 2 unspecified atom stereocenters. The average molecular weight is 502 g/mol. The van der Waals surface area contributed by atoms with Crippen LogP contribution < -0.4 is 33.2 Å². The number of nitrogens with one attached hydrogen (secondary N) is 3. The Morgan fingerprint density at radius 2 is 1.71 bits per heavy atom. The smallest absolute Gasteiger partial charge is 0.326 e. The number of carbonyl (C=O) groups excluding carboxylic acids is 3. The van der Waals surface area contributed by atoms with Crippen LogP contribution in [0.15, 0.2) is 9.98 Å². The Morgan fingerprint density at radius 3 is 2.29 bits per heavy atom. The fourth-order valence-corrected chi connectivity index (χ4v) is 2.55. The van der Waals surface area contributed by atoms with E-state index in [0.29, 0.717) is 26.1 Å². The van der Waals surface area contributed by atoms with Gasteiger partial charge in [-0.15, -0.1) is 0 Å². The highest BCUT2D eigenvalue weighted by Crippen LogP contribution is 1.99. The lowest BCUT2D eigenvalue weighted by atomic mass is 10.1. The topological polar surface area (TPSA) is 240 Å². The van der Waals surface area contributed by atoms with E-state index in [2.05, 4.69) is 25.9 Å². The number of ether oxygens (including phenoxy) is 1. The maximum atomic E-state index is 12.2. The molecule has 0 radical (unpaired) electrons. The van der Waals surface area contributed by atoms with E-state index in [4.69, 9.17) is 21.9 Å². The van der Waals surface area contributed by atoms with Gasteiger partial charge in [-0.05, 0) is 46.8 Å². The third kappa shape index (κ3) is 16.7. The number of aliphatic carboxylic acids is 1. The summed E-state index contributed by atoms with van der Waals surface area (Å²) >= 11 is 0. The summed E-state index contributed by atoms with van der Waals surface area (Å²) in [6.07, 6.45) is 0.828. The van der Waals surface area contributed by atoms with E-state index in [9.17, 15) is 24.3 Å². The van der Waals surface area contributed by atoms with Crippen LogP contribution in [0.5, 0.6) is 0 Å². The van der Waals surface area contributed by atoms with Gasteiger partial charge in [0.2, 0.25) is 11.8 Å². The third-order valence-electron chi connectivity index (χ3n) is 4.29. The number of rotatable bonds is 16. The molecule has 15 nitrogen and oxygen atoms in total. The molecule has 0 aliphatic rings. The Balaban J connectivity index is 4.64. The fraction of sp³-hybridized carbons (Fsp3) is 0.700. The van der Waals surface area contributed by atoms with Crippen LogP contribution in [-0.4, -0.2) is 105 Å². The molecule has 200 valence electrons. The molecule has 0 fully saturated rings. The highest BCUT2D eigenvalue weighted by atomic mass is 16.6. The Bertz CT molecular complexity index is 753. The van der Waals surface area contributed by atoms with Gasteiger partial charge in [0, 0.05) is 19.6 Å². The molecule has 0 aromatic carbocycles. The number of carbonyl (C=O) groups is 4. The van der Waals surface area contributed by atoms with Crippen molar-refractivity contribution in [2.24, 2.45) is 27.2 Å². The molecule has 0 bridgehead atoms. The molecule has 15 heteroatoms. The van der Waals surface area contributed by atoms with Gasteiger partial charge in [-0.1, -0.05) is 0 Å². The third-order valence-corrected chi connectivity index (χ3v) is 4.29. The number of amides is 2. The number of esters is 1. The predicted molar refractivity (Wildman–Crippen MR) is 130 cm³/mol. The van der Waals surface area contributed by atoms with Crippen molar-refractivity contribution in [1.82, 2.24) is 20.9 Å². The average Bonchev–Trinajstić information content (AvgIpc) is 2.76. The quantitative estimate of drug-likeness (QED) is 0.0483. The Hall–Kier alpha value is -3.46.